The molecule has 1 aliphatic rings. The molecule has 1 aromatic heterocycles. The second-order valence-electron chi connectivity index (χ2n) is 5.95. The zero-order chi connectivity index (χ0) is 17.8. The molecule has 2 unspecified atom stereocenters. The molecule has 7 heteroatoms. The van der Waals surface area contributed by atoms with E-state index in [9.17, 15) is 9.59 Å². The lowest BCUT2D eigenvalue weighted by Crippen LogP contribution is -2.37. The van der Waals surface area contributed by atoms with Gasteiger partial charge in [-0.15, -0.1) is 0 Å². The summed E-state index contributed by atoms with van der Waals surface area (Å²) < 4.78 is 5.34. The Hall–Kier alpha value is -2.80. The van der Waals surface area contributed by atoms with Gasteiger partial charge < -0.3 is 14.7 Å². The lowest BCUT2D eigenvalue weighted by Gasteiger charge is -2.24. The van der Waals surface area contributed by atoms with Gasteiger partial charge in [-0.05, 0) is 6.42 Å². The number of amides is 1. The summed E-state index contributed by atoms with van der Waals surface area (Å²) in [6.45, 7) is 0.358. The third kappa shape index (κ3) is 3.66. The van der Waals surface area contributed by atoms with Crippen LogP contribution in [-0.4, -0.2) is 57.7 Å². The quantitative estimate of drug-likeness (QED) is 0.892. The van der Waals surface area contributed by atoms with Gasteiger partial charge in [0.1, 0.15) is 6.33 Å². The van der Waals surface area contributed by atoms with Gasteiger partial charge in [-0.3, -0.25) is 9.59 Å². The number of aliphatic carboxylic acids is 1. The highest BCUT2D eigenvalue weighted by Gasteiger charge is 2.37. The van der Waals surface area contributed by atoms with Crippen LogP contribution in [0.25, 0.3) is 11.3 Å². The van der Waals surface area contributed by atoms with Crippen LogP contribution in [0.1, 0.15) is 23.2 Å². The van der Waals surface area contributed by atoms with Crippen molar-refractivity contribution in [2.75, 3.05) is 13.7 Å². The van der Waals surface area contributed by atoms with Crippen LogP contribution < -0.4 is 0 Å². The summed E-state index contributed by atoms with van der Waals surface area (Å²) >= 11 is 0. The van der Waals surface area contributed by atoms with E-state index in [4.69, 9.17) is 9.84 Å². The molecule has 1 amide bonds. The van der Waals surface area contributed by atoms with E-state index in [1.54, 1.807) is 12.0 Å². The Morgan fingerprint density at radius 2 is 2.08 bits per heavy atom. The number of methoxy groups -OCH3 is 1. The molecule has 0 bridgehead atoms. The number of hydrogen-bond acceptors (Lipinski definition) is 5. The van der Waals surface area contributed by atoms with Crippen molar-refractivity contribution < 1.29 is 19.4 Å². The molecule has 1 aromatic carbocycles. The van der Waals surface area contributed by atoms with Crippen molar-refractivity contribution in [3.8, 4) is 11.3 Å². The summed E-state index contributed by atoms with van der Waals surface area (Å²) in [4.78, 5) is 34.0. The van der Waals surface area contributed by atoms with E-state index >= 15 is 0 Å². The molecule has 1 saturated heterocycles. The average Bonchev–Trinajstić information content (AvgIpc) is 3.04. The van der Waals surface area contributed by atoms with Crippen LogP contribution >= 0.6 is 0 Å². The number of carbonyl (C=O) groups is 2. The van der Waals surface area contributed by atoms with E-state index in [2.05, 4.69) is 9.97 Å². The van der Waals surface area contributed by atoms with Gasteiger partial charge in [0.05, 0.1) is 23.8 Å². The number of hydrogen-bond donors (Lipinski definition) is 1. The maximum absolute atomic E-state index is 13.1. The summed E-state index contributed by atoms with van der Waals surface area (Å²) in [6.07, 6.45) is 3.10. The van der Waals surface area contributed by atoms with Gasteiger partial charge >= 0.3 is 5.97 Å². The topological polar surface area (TPSA) is 92.6 Å². The summed E-state index contributed by atoms with van der Waals surface area (Å²) in [7, 11) is 1.57. The molecule has 25 heavy (non-hydrogen) atoms. The number of aromatic nitrogens is 2. The fourth-order valence-electron chi connectivity index (χ4n) is 3.16. The summed E-state index contributed by atoms with van der Waals surface area (Å²) in [5, 5.41) is 9.13. The van der Waals surface area contributed by atoms with Gasteiger partial charge in [0.2, 0.25) is 0 Å². The van der Waals surface area contributed by atoms with Crippen LogP contribution in [0.15, 0.2) is 42.9 Å². The van der Waals surface area contributed by atoms with Gasteiger partial charge in [0.15, 0.2) is 0 Å². The van der Waals surface area contributed by atoms with Crippen molar-refractivity contribution in [3.05, 3.63) is 48.4 Å². The fraction of sp³-hybridized carbons (Fsp3) is 0.333. The minimum absolute atomic E-state index is 0.111. The lowest BCUT2D eigenvalue weighted by molar-refractivity contribution is -0.137. The first-order valence-corrected chi connectivity index (χ1v) is 8.01. The smallest absolute Gasteiger partial charge is 0.305 e. The molecule has 0 spiro atoms. The molecule has 2 heterocycles. The fourth-order valence-corrected chi connectivity index (χ4v) is 3.16. The summed E-state index contributed by atoms with van der Waals surface area (Å²) in [6, 6.07) is 8.97. The SMILES string of the molecule is COC1CC(CC(=O)O)N(C(=O)c2cncnc2-c2ccccc2)C1. The maximum atomic E-state index is 13.1. The van der Waals surface area contributed by atoms with Crippen LogP contribution in [0, 0.1) is 0 Å². The molecule has 130 valence electrons. The Kier molecular flexibility index (Phi) is 5.04. The largest absolute Gasteiger partial charge is 0.481 e. The molecule has 1 aliphatic heterocycles. The highest BCUT2D eigenvalue weighted by Crippen LogP contribution is 2.28. The van der Waals surface area contributed by atoms with Crippen molar-refractivity contribution in [1.29, 1.82) is 0 Å². The molecular weight excluding hydrogens is 322 g/mol. The zero-order valence-corrected chi connectivity index (χ0v) is 13.8. The first kappa shape index (κ1) is 17.0. The molecule has 2 aromatic rings. The van der Waals surface area contributed by atoms with Crippen molar-refractivity contribution >= 4 is 11.9 Å². The molecular formula is C18H19N3O4. The first-order chi connectivity index (χ1) is 12.1. The predicted molar refractivity (Wildman–Crippen MR) is 90.0 cm³/mol. The number of nitrogens with zero attached hydrogens (tertiary/aromatic N) is 3. The highest BCUT2D eigenvalue weighted by molar-refractivity contribution is 6.00. The van der Waals surface area contributed by atoms with Gasteiger partial charge in [0, 0.05) is 31.5 Å². The molecule has 0 saturated carbocycles. The number of carbonyl (C=O) groups excluding carboxylic acids is 1. The number of carboxylic acids is 1. The van der Waals surface area contributed by atoms with Crippen LogP contribution in [0.5, 0.6) is 0 Å². The second-order valence-corrected chi connectivity index (χ2v) is 5.95. The van der Waals surface area contributed by atoms with E-state index in [-0.39, 0.29) is 18.4 Å². The van der Waals surface area contributed by atoms with E-state index in [0.29, 0.717) is 24.2 Å². The van der Waals surface area contributed by atoms with Crippen LogP contribution in [-0.2, 0) is 9.53 Å². The third-order valence-corrected chi connectivity index (χ3v) is 4.37. The monoisotopic (exact) mass is 341 g/mol. The minimum Gasteiger partial charge on any atom is -0.481 e. The van der Waals surface area contributed by atoms with E-state index in [1.807, 2.05) is 30.3 Å². The third-order valence-electron chi connectivity index (χ3n) is 4.37. The highest BCUT2D eigenvalue weighted by atomic mass is 16.5. The second kappa shape index (κ2) is 7.40. The Bertz CT molecular complexity index is 766. The minimum atomic E-state index is -0.938. The first-order valence-electron chi connectivity index (χ1n) is 8.01. The van der Waals surface area contributed by atoms with E-state index in [1.165, 1.54) is 12.5 Å². The van der Waals surface area contributed by atoms with Gasteiger partial charge in [-0.25, -0.2) is 9.97 Å². The Morgan fingerprint density at radius 1 is 1.32 bits per heavy atom. The van der Waals surface area contributed by atoms with Crippen LogP contribution in [0.4, 0.5) is 0 Å². The maximum Gasteiger partial charge on any atom is 0.305 e. The summed E-state index contributed by atoms with van der Waals surface area (Å²) in [5.74, 6) is -1.21. The lowest BCUT2D eigenvalue weighted by atomic mass is 10.1. The molecule has 7 nitrogen and oxygen atoms in total. The predicted octanol–water partition coefficient (Wildman–Crippen LogP) is 1.85. The zero-order valence-electron chi connectivity index (χ0n) is 13.8. The summed E-state index contributed by atoms with van der Waals surface area (Å²) in [5.41, 5.74) is 1.71. The molecule has 1 fully saturated rings. The molecule has 3 rings (SSSR count). The number of benzene rings is 1. The van der Waals surface area contributed by atoms with Gasteiger partial charge in [-0.2, -0.15) is 0 Å². The number of likely N-dealkylation sites (tertiary alicyclic amines) is 1. The molecule has 0 radical (unpaired) electrons. The average molecular weight is 341 g/mol. The van der Waals surface area contributed by atoms with E-state index < -0.39 is 12.0 Å². The number of rotatable bonds is 5. The van der Waals surface area contributed by atoms with Crippen LogP contribution in [0.2, 0.25) is 0 Å². The Morgan fingerprint density at radius 3 is 2.76 bits per heavy atom. The number of carboxylic acid groups (broad SMARTS) is 1. The Balaban J connectivity index is 1.94. The number of ether oxygens (including phenoxy) is 1. The van der Waals surface area contributed by atoms with Crippen LogP contribution in [0.3, 0.4) is 0 Å². The normalized spacial score (nSPS) is 19.8. The van der Waals surface area contributed by atoms with Crippen molar-refractivity contribution in [2.45, 2.75) is 25.0 Å². The van der Waals surface area contributed by atoms with Crippen molar-refractivity contribution in [2.24, 2.45) is 0 Å². The molecule has 2 atom stereocenters. The van der Waals surface area contributed by atoms with E-state index in [0.717, 1.165) is 5.56 Å². The van der Waals surface area contributed by atoms with Crippen molar-refractivity contribution in [3.63, 3.8) is 0 Å². The Labute approximate surface area is 145 Å². The molecule has 1 N–H and O–H groups in total. The van der Waals surface area contributed by atoms with Gasteiger partial charge in [-0.1, -0.05) is 30.3 Å². The molecule has 0 aliphatic carbocycles. The standard InChI is InChI=1S/C18H19N3O4/c1-25-14-7-13(8-16(22)23)21(10-14)18(24)15-9-19-11-20-17(15)12-5-3-2-4-6-12/h2-6,9,11,13-14H,7-8,10H2,1H3,(H,22,23). The van der Waals surface area contributed by atoms with Crippen molar-refractivity contribution in [1.82, 2.24) is 14.9 Å². The van der Waals surface area contributed by atoms with Gasteiger partial charge in [0.25, 0.3) is 5.91 Å².